The number of nitrogens with one attached hydrogen (secondary N) is 1. The number of piperazine rings is 1. The lowest BCUT2D eigenvalue weighted by Crippen LogP contribution is -2.50. The standard InChI is InChI=1S/C18H28N4O4S/c1-14-3-5-16(6-4-14)27(25,26)22-11-9-21(10-12-22)18(24)8-7-17(23)20-15(2)13-19/h3-6,15H,7-13,19H2,1-2H3,(H,20,23)/t15-/m0/s1. The molecule has 27 heavy (non-hydrogen) atoms. The molecule has 3 N–H and O–H groups in total. The molecule has 150 valence electrons. The van der Waals surface area contributed by atoms with Crippen molar-refractivity contribution in [3.8, 4) is 0 Å². The predicted molar refractivity (Wildman–Crippen MR) is 102 cm³/mol. The number of benzene rings is 1. The smallest absolute Gasteiger partial charge is 0.243 e. The van der Waals surface area contributed by atoms with Gasteiger partial charge in [0.15, 0.2) is 0 Å². The molecule has 0 aromatic heterocycles. The normalized spacial score (nSPS) is 16.8. The summed E-state index contributed by atoms with van der Waals surface area (Å²) in [6, 6.07) is 6.61. The van der Waals surface area contributed by atoms with Gasteiger partial charge in [0.25, 0.3) is 0 Å². The Bertz CT molecular complexity index is 756. The fourth-order valence-corrected chi connectivity index (χ4v) is 4.24. The maximum Gasteiger partial charge on any atom is 0.243 e. The maximum atomic E-state index is 12.7. The minimum absolute atomic E-state index is 0.102. The number of carbonyl (C=O) groups excluding carboxylic acids is 2. The molecular formula is C18H28N4O4S. The summed E-state index contributed by atoms with van der Waals surface area (Å²) >= 11 is 0. The van der Waals surface area contributed by atoms with E-state index in [1.54, 1.807) is 36.1 Å². The molecule has 1 fully saturated rings. The molecule has 1 heterocycles. The van der Waals surface area contributed by atoms with Gasteiger partial charge >= 0.3 is 0 Å². The van der Waals surface area contributed by atoms with Crippen molar-refractivity contribution >= 4 is 21.8 Å². The molecule has 1 aliphatic heterocycles. The molecule has 0 aliphatic carbocycles. The molecular weight excluding hydrogens is 368 g/mol. The van der Waals surface area contributed by atoms with Crippen LogP contribution in [-0.2, 0) is 19.6 Å². The summed E-state index contributed by atoms with van der Waals surface area (Å²) in [5.41, 5.74) is 6.44. The molecule has 9 heteroatoms. The van der Waals surface area contributed by atoms with E-state index in [2.05, 4.69) is 5.32 Å². The highest BCUT2D eigenvalue weighted by molar-refractivity contribution is 7.89. The molecule has 0 radical (unpaired) electrons. The number of aryl methyl sites for hydroxylation is 1. The first-order chi connectivity index (χ1) is 12.7. The fraction of sp³-hybridized carbons (Fsp3) is 0.556. The highest BCUT2D eigenvalue weighted by atomic mass is 32.2. The van der Waals surface area contributed by atoms with Crippen molar-refractivity contribution < 1.29 is 18.0 Å². The zero-order valence-electron chi connectivity index (χ0n) is 15.8. The average Bonchev–Trinajstić information content (AvgIpc) is 2.66. The summed E-state index contributed by atoms with van der Waals surface area (Å²) in [7, 11) is -3.55. The number of amides is 2. The van der Waals surface area contributed by atoms with Crippen LogP contribution in [0.25, 0.3) is 0 Å². The zero-order chi connectivity index (χ0) is 20.0. The molecule has 2 rings (SSSR count). The maximum absolute atomic E-state index is 12.7. The molecule has 0 unspecified atom stereocenters. The summed E-state index contributed by atoms with van der Waals surface area (Å²) in [5, 5.41) is 2.71. The van der Waals surface area contributed by atoms with Crippen LogP contribution >= 0.6 is 0 Å². The van der Waals surface area contributed by atoms with E-state index in [1.165, 1.54) is 4.31 Å². The van der Waals surface area contributed by atoms with Crippen LogP contribution in [0.3, 0.4) is 0 Å². The van der Waals surface area contributed by atoms with Crippen LogP contribution in [0.1, 0.15) is 25.3 Å². The third kappa shape index (κ3) is 5.75. The second kappa shape index (κ2) is 9.29. The van der Waals surface area contributed by atoms with Gasteiger partial charge in [0.1, 0.15) is 0 Å². The molecule has 0 spiro atoms. The van der Waals surface area contributed by atoms with E-state index in [1.807, 2.05) is 6.92 Å². The molecule has 1 saturated heterocycles. The summed E-state index contributed by atoms with van der Waals surface area (Å²) < 4.78 is 26.8. The van der Waals surface area contributed by atoms with Gasteiger partial charge in [0.05, 0.1) is 4.90 Å². The first-order valence-corrected chi connectivity index (χ1v) is 10.5. The van der Waals surface area contributed by atoms with Crippen molar-refractivity contribution in [2.45, 2.75) is 37.6 Å². The van der Waals surface area contributed by atoms with Crippen LogP contribution in [-0.4, -0.2) is 68.2 Å². The number of sulfonamides is 1. The van der Waals surface area contributed by atoms with Gasteiger partial charge in [-0.05, 0) is 26.0 Å². The van der Waals surface area contributed by atoms with Crippen LogP contribution in [0.15, 0.2) is 29.2 Å². The molecule has 1 aromatic rings. The monoisotopic (exact) mass is 396 g/mol. The van der Waals surface area contributed by atoms with Gasteiger partial charge < -0.3 is 16.0 Å². The largest absolute Gasteiger partial charge is 0.352 e. The first kappa shape index (κ1) is 21.3. The summed E-state index contributed by atoms with van der Waals surface area (Å²) in [5.74, 6) is -0.347. The highest BCUT2D eigenvalue weighted by Crippen LogP contribution is 2.18. The van der Waals surface area contributed by atoms with Crippen LogP contribution in [0.5, 0.6) is 0 Å². The van der Waals surface area contributed by atoms with Gasteiger partial charge in [-0.2, -0.15) is 4.31 Å². The van der Waals surface area contributed by atoms with Crippen molar-refractivity contribution in [3.63, 3.8) is 0 Å². The topological polar surface area (TPSA) is 113 Å². The van der Waals surface area contributed by atoms with Gasteiger partial charge in [-0.15, -0.1) is 0 Å². The van der Waals surface area contributed by atoms with E-state index in [9.17, 15) is 18.0 Å². The van der Waals surface area contributed by atoms with Crippen molar-refractivity contribution in [2.24, 2.45) is 5.73 Å². The van der Waals surface area contributed by atoms with Gasteiger partial charge in [0.2, 0.25) is 21.8 Å². The van der Waals surface area contributed by atoms with Crippen LogP contribution in [0.2, 0.25) is 0 Å². The molecule has 0 bridgehead atoms. The molecule has 1 aliphatic rings. The molecule has 1 aromatic carbocycles. The van der Waals surface area contributed by atoms with Crippen LogP contribution in [0.4, 0.5) is 0 Å². The Morgan fingerprint density at radius 3 is 2.26 bits per heavy atom. The summed E-state index contributed by atoms with van der Waals surface area (Å²) in [6.45, 7) is 5.19. The minimum Gasteiger partial charge on any atom is -0.352 e. The third-order valence-corrected chi connectivity index (χ3v) is 6.49. The third-order valence-electron chi connectivity index (χ3n) is 4.58. The number of nitrogens with zero attached hydrogens (tertiary/aromatic N) is 2. The summed E-state index contributed by atoms with van der Waals surface area (Å²) in [4.78, 5) is 25.9. The second-order valence-electron chi connectivity index (χ2n) is 6.80. The Labute approximate surface area is 160 Å². The Balaban J connectivity index is 1.84. The summed E-state index contributed by atoms with van der Waals surface area (Å²) in [6.07, 6.45) is 0.207. The quantitative estimate of drug-likeness (QED) is 0.677. The average molecular weight is 397 g/mol. The number of carbonyl (C=O) groups is 2. The van der Waals surface area contributed by atoms with E-state index >= 15 is 0 Å². The van der Waals surface area contributed by atoms with E-state index in [0.29, 0.717) is 19.6 Å². The van der Waals surface area contributed by atoms with E-state index in [0.717, 1.165) is 5.56 Å². The molecule has 2 amide bonds. The van der Waals surface area contributed by atoms with E-state index in [4.69, 9.17) is 5.73 Å². The zero-order valence-corrected chi connectivity index (χ0v) is 16.7. The Morgan fingerprint density at radius 1 is 1.11 bits per heavy atom. The van der Waals surface area contributed by atoms with Gasteiger partial charge in [0, 0.05) is 51.6 Å². The van der Waals surface area contributed by atoms with Crippen molar-refractivity contribution in [1.82, 2.24) is 14.5 Å². The van der Waals surface area contributed by atoms with E-state index < -0.39 is 10.0 Å². The van der Waals surface area contributed by atoms with Gasteiger partial charge in [-0.3, -0.25) is 9.59 Å². The predicted octanol–water partition coefficient (Wildman–Crippen LogP) is 0.0715. The molecule has 0 saturated carbocycles. The Kier molecular flexibility index (Phi) is 7.34. The van der Waals surface area contributed by atoms with Crippen LogP contribution < -0.4 is 11.1 Å². The second-order valence-corrected chi connectivity index (χ2v) is 8.74. The Morgan fingerprint density at radius 2 is 1.70 bits per heavy atom. The van der Waals surface area contributed by atoms with Crippen molar-refractivity contribution in [1.29, 1.82) is 0 Å². The van der Waals surface area contributed by atoms with Gasteiger partial charge in [-0.1, -0.05) is 17.7 Å². The number of hydrogen-bond acceptors (Lipinski definition) is 5. The molecule has 1 atom stereocenters. The molecule has 8 nitrogen and oxygen atoms in total. The van der Waals surface area contributed by atoms with E-state index in [-0.39, 0.29) is 48.7 Å². The lowest BCUT2D eigenvalue weighted by Gasteiger charge is -2.34. The number of nitrogens with two attached hydrogens (primary N) is 1. The lowest BCUT2D eigenvalue weighted by molar-refractivity contribution is -0.134. The number of hydrogen-bond donors (Lipinski definition) is 2. The van der Waals surface area contributed by atoms with Crippen molar-refractivity contribution in [2.75, 3.05) is 32.7 Å². The lowest BCUT2D eigenvalue weighted by atomic mass is 10.2. The van der Waals surface area contributed by atoms with Gasteiger partial charge in [-0.25, -0.2) is 8.42 Å². The minimum atomic E-state index is -3.55. The Hall–Kier alpha value is -1.97. The fourth-order valence-electron chi connectivity index (χ4n) is 2.82. The highest BCUT2D eigenvalue weighted by Gasteiger charge is 2.30. The first-order valence-electron chi connectivity index (χ1n) is 9.08. The van der Waals surface area contributed by atoms with Crippen molar-refractivity contribution in [3.05, 3.63) is 29.8 Å². The SMILES string of the molecule is Cc1ccc(S(=O)(=O)N2CCN(C(=O)CCC(=O)N[C@@H](C)CN)CC2)cc1. The van der Waals surface area contributed by atoms with Crippen LogP contribution in [0, 0.1) is 6.92 Å². The number of rotatable bonds is 7.